The topological polar surface area (TPSA) is 58.6 Å². The quantitative estimate of drug-likeness (QED) is 0.850. The molecule has 1 fully saturated rings. The van der Waals surface area contributed by atoms with Gasteiger partial charge in [0.1, 0.15) is 4.88 Å². The Hall–Kier alpha value is -2.06. The SMILES string of the molecule is COc1ccc(CN2CCN(C(=O)c3cnns3)CC2)cc1F. The van der Waals surface area contributed by atoms with Crippen LogP contribution in [0.4, 0.5) is 4.39 Å². The Morgan fingerprint density at radius 1 is 1.35 bits per heavy atom. The van der Waals surface area contributed by atoms with E-state index in [2.05, 4.69) is 14.5 Å². The van der Waals surface area contributed by atoms with Crippen molar-refractivity contribution in [2.24, 2.45) is 0 Å². The zero-order valence-electron chi connectivity index (χ0n) is 12.7. The van der Waals surface area contributed by atoms with Gasteiger partial charge in [-0.3, -0.25) is 9.69 Å². The van der Waals surface area contributed by atoms with Gasteiger partial charge in [0.2, 0.25) is 0 Å². The minimum Gasteiger partial charge on any atom is -0.494 e. The smallest absolute Gasteiger partial charge is 0.267 e. The Bertz CT molecular complexity index is 672. The second-order valence-corrected chi connectivity index (χ2v) is 6.10. The van der Waals surface area contributed by atoms with Crippen molar-refractivity contribution < 1.29 is 13.9 Å². The van der Waals surface area contributed by atoms with Crippen LogP contribution in [-0.2, 0) is 6.54 Å². The van der Waals surface area contributed by atoms with Crippen LogP contribution in [0.25, 0.3) is 0 Å². The number of aromatic nitrogens is 2. The molecule has 0 saturated carbocycles. The summed E-state index contributed by atoms with van der Waals surface area (Å²) >= 11 is 1.11. The van der Waals surface area contributed by atoms with E-state index in [4.69, 9.17) is 4.74 Å². The number of methoxy groups -OCH3 is 1. The Morgan fingerprint density at radius 2 is 2.13 bits per heavy atom. The van der Waals surface area contributed by atoms with Gasteiger partial charge in [0.05, 0.1) is 13.3 Å². The zero-order chi connectivity index (χ0) is 16.2. The summed E-state index contributed by atoms with van der Waals surface area (Å²) < 4.78 is 22.4. The number of piperazine rings is 1. The summed E-state index contributed by atoms with van der Waals surface area (Å²) in [6, 6.07) is 5.00. The van der Waals surface area contributed by atoms with Crippen molar-refractivity contribution in [2.45, 2.75) is 6.54 Å². The highest BCUT2D eigenvalue weighted by Gasteiger charge is 2.23. The van der Waals surface area contributed by atoms with E-state index >= 15 is 0 Å². The number of amides is 1. The van der Waals surface area contributed by atoms with E-state index in [9.17, 15) is 9.18 Å². The molecule has 0 N–H and O–H groups in total. The molecule has 1 aromatic carbocycles. The first-order valence-corrected chi connectivity index (χ1v) is 8.06. The number of hydrogen-bond acceptors (Lipinski definition) is 6. The molecule has 2 heterocycles. The van der Waals surface area contributed by atoms with Crippen molar-refractivity contribution in [3.05, 3.63) is 40.7 Å². The van der Waals surface area contributed by atoms with Crippen molar-refractivity contribution in [2.75, 3.05) is 33.3 Å². The molecule has 6 nitrogen and oxygen atoms in total. The maximum Gasteiger partial charge on any atom is 0.267 e. The van der Waals surface area contributed by atoms with Gasteiger partial charge in [-0.05, 0) is 29.2 Å². The Kier molecular flexibility index (Phi) is 4.82. The molecule has 0 unspecified atom stereocenters. The molecular formula is C15H17FN4O2S. The minimum atomic E-state index is -0.350. The number of carbonyl (C=O) groups excluding carboxylic acids is 1. The summed E-state index contributed by atoms with van der Waals surface area (Å²) in [5.74, 6) is -0.117. The van der Waals surface area contributed by atoms with Gasteiger partial charge in [0, 0.05) is 32.7 Å². The molecule has 1 saturated heterocycles. The lowest BCUT2D eigenvalue weighted by Gasteiger charge is -2.34. The fourth-order valence-electron chi connectivity index (χ4n) is 2.59. The lowest BCUT2D eigenvalue weighted by Crippen LogP contribution is -2.48. The average molecular weight is 336 g/mol. The fraction of sp³-hybridized carbons (Fsp3) is 0.400. The molecule has 122 valence electrons. The van der Waals surface area contributed by atoms with Crippen LogP contribution in [-0.4, -0.2) is 58.6 Å². The van der Waals surface area contributed by atoms with Crippen molar-refractivity contribution >= 4 is 17.4 Å². The standard InChI is InChI=1S/C15H17FN4O2S/c1-22-13-3-2-11(8-12(13)16)10-19-4-6-20(7-5-19)15(21)14-9-17-18-23-14/h2-3,8-9H,4-7,10H2,1H3. The van der Waals surface area contributed by atoms with Gasteiger partial charge in [0.15, 0.2) is 11.6 Å². The number of ether oxygens (including phenoxy) is 1. The van der Waals surface area contributed by atoms with Crippen molar-refractivity contribution in [3.63, 3.8) is 0 Å². The molecule has 1 amide bonds. The maximum atomic E-state index is 13.7. The number of rotatable bonds is 4. The van der Waals surface area contributed by atoms with E-state index in [-0.39, 0.29) is 17.5 Å². The summed E-state index contributed by atoms with van der Waals surface area (Å²) in [5.41, 5.74) is 0.898. The van der Waals surface area contributed by atoms with Gasteiger partial charge >= 0.3 is 0 Å². The molecule has 3 rings (SSSR count). The lowest BCUT2D eigenvalue weighted by molar-refractivity contribution is 0.0633. The van der Waals surface area contributed by atoms with Gasteiger partial charge in [-0.25, -0.2) is 4.39 Å². The summed E-state index contributed by atoms with van der Waals surface area (Å²) in [6.07, 6.45) is 1.50. The van der Waals surface area contributed by atoms with Crippen LogP contribution in [0, 0.1) is 5.82 Å². The summed E-state index contributed by atoms with van der Waals surface area (Å²) in [4.78, 5) is 16.8. The first-order valence-electron chi connectivity index (χ1n) is 7.29. The number of halogens is 1. The van der Waals surface area contributed by atoms with E-state index in [0.29, 0.717) is 24.5 Å². The third-order valence-electron chi connectivity index (χ3n) is 3.85. The Balaban J connectivity index is 1.55. The van der Waals surface area contributed by atoms with Crippen molar-refractivity contribution in [1.29, 1.82) is 0 Å². The molecule has 1 aliphatic heterocycles. The van der Waals surface area contributed by atoms with Gasteiger partial charge in [-0.15, -0.1) is 5.10 Å². The van der Waals surface area contributed by atoms with Gasteiger partial charge in [-0.2, -0.15) is 0 Å². The Morgan fingerprint density at radius 3 is 2.74 bits per heavy atom. The van der Waals surface area contributed by atoms with E-state index in [1.807, 2.05) is 6.07 Å². The van der Waals surface area contributed by atoms with Crippen LogP contribution in [0.2, 0.25) is 0 Å². The highest BCUT2D eigenvalue weighted by molar-refractivity contribution is 7.07. The monoisotopic (exact) mass is 336 g/mol. The predicted octanol–water partition coefficient (Wildman–Crippen LogP) is 1.64. The average Bonchev–Trinajstić information content (AvgIpc) is 3.09. The molecule has 23 heavy (non-hydrogen) atoms. The summed E-state index contributed by atoms with van der Waals surface area (Å²) in [7, 11) is 1.45. The van der Waals surface area contributed by atoms with E-state index in [1.54, 1.807) is 11.0 Å². The highest BCUT2D eigenvalue weighted by atomic mass is 32.1. The Labute approximate surface area is 137 Å². The van der Waals surface area contributed by atoms with Crippen LogP contribution in [0.3, 0.4) is 0 Å². The van der Waals surface area contributed by atoms with E-state index in [1.165, 1.54) is 19.4 Å². The zero-order valence-corrected chi connectivity index (χ0v) is 13.6. The molecule has 8 heteroatoms. The van der Waals surface area contributed by atoms with Crippen LogP contribution < -0.4 is 4.74 Å². The second-order valence-electron chi connectivity index (χ2n) is 5.32. The fourth-order valence-corrected chi connectivity index (χ4v) is 3.08. The van der Waals surface area contributed by atoms with Gasteiger partial charge in [-0.1, -0.05) is 10.6 Å². The number of hydrogen-bond donors (Lipinski definition) is 0. The molecule has 1 aliphatic rings. The largest absolute Gasteiger partial charge is 0.494 e. The molecule has 2 aromatic rings. The normalized spacial score (nSPS) is 15.7. The lowest BCUT2D eigenvalue weighted by atomic mass is 10.2. The predicted molar refractivity (Wildman–Crippen MR) is 84.0 cm³/mol. The van der Waals surface area contributed by atoms with Crippen molar-refractivity contribution in [3.8, 4) is 5.75 Å². The number of carbonyl (C=O) groups is 1. The van der Waals surface area contributed by atoms with Gasteiger partial charge < -0.3 is 9.64 Å². The van der Waals surface area contributed by atoms with Crippen LogP contribution in [0.1, 0.15) is 15.2 Å². The third kappa shape index (κ3) is 3.65. The van der Waals surface area contributed by atoms with E-state index in [0.717, 1.165) is 30.2 Å². The maximum absolute atomic E-state index is 13.7. The first-order chi connectivity index (χ1) is 11.2. The summed E-state index contributed by atoms with van der Waals surface area (Å²) in [5, 5.41) is 3.70. The minimum absolute atomic E-state index is 0.0184. The summed E-state index contributed by atoms with van der Waals surface area (Å²) in [6.45, 7) is 3.47. The molecule has 0 aliphatic carbocycles. The van der Waals surface area contributed by atoms with Gasteiger partial charge in [0.25, 0.3) is 5.91 Å². The van der Waals surface area contributed by atoms with Crippen LogP contribution >= 0.6 is 11.5 Å². The second kappa shape index (κ2) is 7.01. The van der Waals surface area contributed by atoms with E-state index < -0.39 is 0 Å². The number of benzene rings is 1. The molecule has 0 radical (unpaired) electrons. The molecule has 0 atom stereocenters. The van der Waals surface area contributed by atoms with Crippen LogP contribution in [0.15, 0.2) is 24.4 Å². The molecular weight excluding hydrogens is 319 g/mol. The number of nitrogens with zero attached hydrogens (tertiary/aromatic N) is 4. The molecule has 1 aromatic heterocycles. The highest BCUT2D eigenvalue weighted by Crippen LogP contribution is 2.19. The molecule has 0 spiro atoms. The van der Waals surface area contributed by atoms with Crippen molar-refractivity contribution in [1.82, 2.24) is 19.4 Å². The molecule has 0 bridgehead atoms. The first kappa shape index (κ1) is 15.8. The third-order valence-corrected chi connectivity index (χ3v) is 4.51. The van der Waals surface area contributed by atoms with Crippen LogP contribution in [0.5, 0.6) is 5.75 Å².